The second-order valence-electron chi connectivity index (χ2n) is 7.38. The number of hydrogen-bond donors (Lipinski definition) is 1. The largest absolute Gasteiger partial charge is 0.378 e. The highest BCUT2D eigenvalue weighted by Gasteiger charge is 2.55. The van der Waals surface area contributed by atoms with Crippen molar-refractivity contribution in [3.8, 4) is 0 Å². The van der Waals surface area contributed by atoms with Crippen molar-refractivity contribution in [2.75, 3.05) is 6.61 Å². The van der Waals surface area contributed by atoms with Gasteiger partial charge in [0.1, 0.15) is 0 Å². The Morgan fingerprint density at radius 3 is 2.25 bits per heavy atom. The molecule has 1 spiro atoms. The summed E-state index contributed by atoms with van der Waals surface area (Å²) in [5, 5.41) is 4.06. The Kier molecular flexibility index (Phi) is 5.04. The molecule has 3 fully saturated rings. The molecule has 0 bridgehead atoms. The Bertz CT molecular complexity index is 290. The highest BCUT2D eigenvalue weighted by atomic mass is 16.5. The normalized spacial score (nSPS) is 34.6. The molecule has 1 N–H and O–H groups in total. The molecule has 2 atom stereocenters. The number of nitrogens with one attached hydrogen (secondary N) is 1. The fourth-order valence-corrected chi connectivity index (χ4v) is 5.03. The average Bonchev–Trinajstić information content (AvgIpc) is 2.76. The van der Waals surface area contributed by atoms with Crippen LogP contribution < -0.4 is 5.32 Å². The number of ether oxygens (including phenoxy) is 1. The molecule has 0 aromatic rings. The molecule has 0 amide bonds. The lowest BCUT2D eigenvalue weighted by Crippen LogP contribution is -2.66. The van der Waals surface area contributed by atoms with E-state index in [0.29, 0.717) is 11.5 Å². The fourth-order valence-electron chi connectivity index (χ4n) is 5.03. The highest BCUT2D eigenvalue weighted by molar-refractivity contribution is 5.09. The van der Waals surface area contributed by atoms with Gasteiger partial charge >= 0.3 is 0 Å². The molecule has 3 aliphatic carbocycles. The summed E-state index contributed by atoms with van der Waals surface area (Å²) in [6, 6.07) is 1.55. The molecule has 0 saturated heterocycles. The molecule has 2 unspecified atom stereocenters. The molecule has 3 saturated carbocycles. The lowest BCUT2D eigenvalue weighted by Gasteiger charge is -2.58. The zero-order valence-electron chi connectivity index (χ0n) is 13.3. The predicted octanol–water partition coefficient (Wildman–Crippen LogP) is 4.43. The summed E-state index contributed by atoms with van der Waals surface area (Å²) in [4.78, 5) is 0. The maximum absolute atomic E-state index is 6.08. The van der Waals surface area contributed by atoms with Crippen LogP contribution in [-0.4, -0.2) is 24.8 Å². The quantitative estimate of drug-likeness (QED) is 0.769. The second-order valence-corrected chi connectivity index (χ2v) is 7.38. The number of hydrogen-bond acceptors (Lipinski definition) is 2. The van der Waals surface area contributed by atoms with Crippen LogP contribution in [0.3, 0.4) is 0 Å². The van der Waals surface area contributed by atoms with E-state index in [1.807, 2.05) is 0 Å². The minimum atomic E-state index is 0.501. The Morgan fingerprint density at radius 1 is 0.950 bits per heavy atom. The fraction of sp³-hybridized carbons (Fsp3) is 1.00. The molecular formula is C18H33NO. The molecule has 0 heterocycles. The lowest BCUT2D eigenvalue weighted by molar-refractivity contribution is -0.152. The van der Waals surface area contributed by atoms with Crippen LogP contribution >= 0.6 is 0 Å². The summed E-state index contributed by atoms with van der Waals surface area (Å²) in [5.41, 5.74) is 0.501. The Labute approximate surface area is 125 Å². The van der Waals surface area contributed by atoms with Gasteiger partial charge in [0.15, 0.2) is 0 Å². The van der Waals surface area contributed by atoms with Gasteiger partial charge in [-0.25, -0.2) is 0 Å². The molecule has 3 rings (SSSR count). The first-order valence-electron chi connectivity index (χ1n) is 9.23. The van der Waals surface area contributed by atoms with E-state index in [2.05, 4.69) is 12.2 Å². The molecular weight excluding hydrogens is 246 g/mol. The van der Waals surface area contributed by atoms with E-state index in [4.69, 9.17) is 4.74 Å². The summed E-state index contributed by atoms with van der Waals surface area (Å²) >= 11 is 0. The van der Waals surface area contributed by atoms with Gasteiger partial charge < -0.3 is 10.1 Å². The minimum absolute atomic E-state index is 0.501. The van der Waals surface area contributed by atoms with E-state index < -0.39 is 0 Å². The average molecular weight is 279 g/mol. The Hall–Kier alpha value is -0.0800. The first-order valence-corrected chi connectivity index (χ1v) is 9.23. The van der Waals surface area contributed by atoms with Crippen LogP contribution in [0.1, 0.15) is 84.0 Å². The van der Waals surface area contributed by atoms with Gasteiger partial charge in [-0.15, -0.1) is 0 Å². The van der Waals surface area contributed by atoms with Gasteiger partial charge in [0, 0.05) is 24.1 Å². The summed E-state index contributed by atoms with van der Waals surface area (Å²) in [7, 11) is 0. The van der Waals surface area contributed by atoms with E-state index in [0.717, 1.165) is 18.7 Å². The smallest absolute Gasteiger partial charge is 0.0661 e. The van der Waals surface area contributed by atoms with E-state index in [1.165, 1.54) is 77.0 Å². The second kappa shape index (κ2) is 6.79. The zero-order valence-corrected chi connectivity index (χ0v) is 13.3. The standard InChI is InChI=1S/C18H33NO/c1-2-20-17-14-16(18(17)12-8-5-9-13-18)19-15-10-6-3-4-7-11-15/h15-17,19H,2-14H2,1H3. The van der Waals surface area contributed by atoms with Crippen LogP contribution in [0.25, 0.3) is 0 Å². The molecule has 116 valence electrons. The lowest BCUT2D eigenvalue weighted by atomic mass is 9.55. The van der Waals surface area contributed by atoms with Crippen LogP contribution in [0.15, 0.2) is 0 Å². The zero-order chi connectivity index (χ0) is 13.8. The summed E-state index contributed by atoms with van der Waals surface area (Å²) < 4.78 is 6.08. The van der Waals surface area contributed by atoms with Gasteiger partial charge in [-0.1, -0.05) is 44.9 Å². The summed E-state index contributed by atoms with van der Waals surface area (Å²) in [6.07, 6.45) is 17.5. The summed E-state index contributed by atoms with van der Waals surface area (Å²) in [5.74, 6) is 0. The maximum Gasteiger partial charge on any atom is 0.0661 e. The topological polar surface area (TPSA) is 21.3 Å². The Balaban J connectivity index is 1.60. The van der Waals surface area contributed by atoms with Crippen LogP contribution in [0.4, 0.5) is 0 Å². The molecule has 0 aromatic carbocycles. The molecule has 0 aliphatic heterocycles. The minimum Gasteiger partial charge on any atom is -0.378 e. The van der Waals surface area contributed by atoms with E-state index >= 15 is 0 Å². The first kappa shape index (κ1) is 14.8. The van der Waals surface area contributed by atoms with Crippen molar-refractivity contribution in [3.63, 3.8) is 0 Å². The number of rotatable bonds is 4. The van der Waals surface area contributed by atoms with Gasteiger partial charge in [-0.2, -0.15) is 0 Å². The predicted molar refractivity (Wildman–Crippen MR) is 84.0 cm³/mol. The summed E-state index contributed by atoms with van der Waals surface area (Å²) in [6.45, 7) is 3.05. The molecule has 0 radical (unpaired) electrons. The molecule has 0 aromatic heterocycles. The van der Waals surface area contributed by atoms with E-state index in [9.17, 15) is 0 Å². The van der Waals surface area contributed by atoms with Crippen LogP contribution in [-0.2, 0) is 4.74 Å². The Morgan fingerprint density at radius 2 is 1.60 bits per heavy atom. The van der Waals surface area contributed by atoms with Crippen molar-refractivity contribution in [1.29, 1.82) is 0 Å². The third kappa shape index (κ3) is 2.92. The molecule has 2 nitrogen and oxygen atoms in total. The molecule has 20 heavy (non-hydrogen) atoms. The molecule has 2 heteroatoms. The van der Waals surface area contributed by atoms with Crippen molar-refractivity contribution >= 4 is 0 Å². The van der Waals surface area contributed by atoms with Gasteiger partial charge in [-0.3, -0.25) is 0 Å². The van der Waals surface area contributed by atoms with Crippen LogP contribution in [0, 0.1) is 5.41 Å². The highest BCUT2D eigenvalue weighted by Crippen LogP contribution is 2.53. The van der Waals surface area contributed by atoms with Crippen LogP contribution in [0.2, 0.25) is 0 Å². The van der Waals surface area contributed by atoms with Crippen molar-refractivity contribution in [1.82, 2.24) is 5.32 Å². The van der Waals surface area contributed by atoms with Crippen molar-refractivity contribution in [3.05, 3.63) is 0 Å². The monoisotopic (exact) mass is 279 g/mol. The van der Waals surface area contributed by atoms with Gasteiger partial charge in [0.2, 0.25) is 0 Å². The van der Waals surface area contributed by atoms with Gasteiger partial charge in [0.05, 0.1) is 6.10 Å². The van der Waals surface area contributed by atoms with Gasteiger partial charge in [0.25, 0.3) is 0 Å². The third-order valence-electron chi connectivity index (χ3n) is 6.23. The van der Waals surface area contributed by atoms with E-state index in [-0.39, 0.29) is 0 Å². The van der Waals surface area contributed by atoms with Crippen molar-refractivity contribution < 1.29 is 4.74 Å². The van der Waals surface area contributed by atoms with Crippen LogP contribution in [0.5, 0.6) is 0 Å². The SMILES string of the molecule is CCOC1CC(NC2CCCCCC2)C12CCCCC2. The van der Waals surface area contributed by atoms with Gasteiger partial charge in [-0.05, 0) is 39.0 Å². The van der Waals surface area contributed by atoms with E-state index in [1.54, 1.807) is 0 Å². The maximum atomic E-state index is 6.08. The molecule has 3 aliphatic rings. The van der Waals surface area contributed by atoms with Crippen molar-refractivity contribution in [2.24, 2.45) is 5.41 Å². The third-order valence-corrected chi connectivity index (χ3v) is 6.23. The first-order chi connectivity index (χ1) is 9.85. The van der Waals surface area contributed by atoms with Crippen molar-refractivity contribution in [2.45, 2.75) is 102 Å².